The molecule has 2 rings (SSSR count). The third-order valence-corrected chi connectivity index (χ3v) is 3.46. The highest BCUT2D eigenvalue weighted by Gasteiger charge is 2.28. The van der Waals surface area contributed by atoms with Crippen LogP contribution in [0, 0.1) is 0 Å². The van der Waals surface area contributed by atoms with Crippen LogP contribution in [0.2, 0.25) is 0 Å². The van der Waals surface area contributed by atoms with Crippen molar-refractivity contribution in [3.63, 3.8) is 0 Å². The molecule has 0 fully saturated rings. The number of ether oxygens (including phenoxy) is 2. The Morgan fingerprint density at radius 3 is 2.44 bits per heavy atom. The van der Waals surface area contributed by atoms with E-state index in [0.29, 0.717) is 19.0 Å². The number of alkyl halides is 3. The quantitative estimate of drug-likeness (QED) is 0.569. The molecule has 0 aliphatic rings. The summed E-state index contributed by atoms with van der Waals surface area (Å²) in [6.45, 7) is -0.401. The van der Waals surface area contributed by atoms with Crippen molar-refractivity contribution < 1.29 is 22.6 Å². The van der Waals surface area contributed by atoms with Gasteiger partial charge in [-0.1, -0.05) is 18.2 Å². The molecule has 146 valence electrons. The molecule has 2 N–H and O–H groups in total. The largest absolute Gasteiger partial charge is 0.497 e. The molecule has 27 heavy (non-hydrogen) atoms. The van der Waals surface area contributed by atoms with Crippen LogP contribution in [0.4, 0.5) is 13.2 Å². The lowest BCUT2D eigenvalue weighted by atomic mass is 10.2. The summed E-state index contributed by atoms with van der Waals surface area (Å²) in [7, 11) is 3.26. The molecule has 0 radical (unpaired) electrons. The number of nitrogens with one attached hydrogen (secondary N) is 2. The van der Waals surface area contributed by atoms with E-state index < -0.39 is 12.8 Å². The fourth-order valence-electron chi connectivity index (χ4n) is 2.13. The van der Waals surface area contributed by atoms with Crippen molar-refractivity contribution in [2.45, 2.75) is 19.3 Å². The third-order valence-electron chi connectivity index (χ3n) is 3.46. The number of hydrogen-bond acceptors (Lipinski definition) is 4. The Morgan fingerprint density at radius 1 is 1.11 bits per heavy atom. The van der Waals surface area contributed by atoms with Crippen molar-refractivity contribution in [3.8, 4) is 11.6 Å². The molecule has 0 spiro atoms. The zero-order chi connectivity index (χ0) is 19.7. The highest BCUT2D eigenvalue weighted by molar-refractivity contribution is 5.79. The van der Waals surface area contributed by atoms with E-state index in [4.69, 9.17) is 4.74 Å². The third kappa shape index (κ3) is 7.43. The topological polar surface area (TPSA) is 67.8 Å². The second-order valence-corrected chi connectivity index (χ2v) is 5.54. The maximum atomic E-state index is 12.1. The van der Waals surface area contributed by atoms with Crippen molar-refractivity contribution in [2.75, 3.05) is 20.8 Å². The molecule has 0 aliphatic carbocycles. The van der Waals surface area contributed by atoms with Crippen molar-refractivity contribution in [1.82, 2.24) is 15.6 Å². The van der Waals surface area contributed by atoms with Crippen molar-refractivity contribution in [2.24, 2.45) is 4.99 Å². The van der Waals surface area contributed by atoms with Crippen LogP contribution in [-0.2, 0) is 13.1 Å². The number of hydrogen-bond donors (Lipinski definition) is 2. The number of rotatable bonds is 7. The van der Waals surface area contributed by atoms with Gasteiger partial charge in [-0.25, -0.2) is 4.98 Å². The number of nitrogens with zero attached hydrogens (tertiary/aromatic N) is 2. The van der Waals surface area contributed by atoms with Gasteiger partial charge in [0.2, 0.25) is 5.88 Å². The summed E-state index contributed by atoms with van der Waals surface area (Å²) in [5.41, 5.74) is 1.81. The lowest BCUT2D eigenvalue weighted by Crippen LogP contribution is -2.36. The predicted molar refractivity (Wildman–Crippen MR) is 95.8 cm³/mol. The summed E-state index contributed by atoms with van der Waals surface area (Å²) in [5, 5.41) is 6.28. The Bertz CT molecular complexity index is 749. The molecular weight excluding hydrogens is 361 g/mol. The lowest BCUT2D eigenvalue weighted by molar-refractivity contribution is -0.154. The average Bonchev–Trinajstić information content (AvgIpc) is 2.67. The summed E-state index contributed by atoms with van der Waals surface area (Å²) in [4.78, 5) is 7.99. The first-order valence-electron chi connectivity index (χ1n) is 8.11. The maximum Gasteiger partial charge on any atom is 0.422 e. The van der Waals surface area contributed by atoms with E-state index in [2.05, 4.69) is 25.3 Å². The van der Waals surface area contributed by atoms with Crippen LogP contribution in [0.25, 0.3) is 0 Å². The van der Waals surface area contributed by atoms with Gasteiger partial charge in [-0.2, -0.15) is 13.2 Å². The van der Waals surface area contributed by atoms with Crippen molar-refractivity contribution in [3.05, 3.63) is 53.7 Å². The molecule has 9 heteroatoms. The van der Waals surface area contributed by atoms with Gasteiger partial charge in [-0.05, 0) is 23.3 Å². The number of guanidine groups is 1. The maximum absolute atomic E-state index is 12.1. The smallest absolute Gasteiger partial charge is 0.422 e. The molecule has 2 aromatic rings. The second-order valence-electron chi connectivity index (χ2n) is 5.54. The molecule has 1 aromatic carbocycles. The molecule has 0 saturated heterocycles. The van der Waals surface area contributed by atoms with E-state index in [1.165, 1.54) is 12.3 Å². The van der Waals surface area contributed by atoms with Gasteiger partial charge >= 0.3 is 6.18 Å². The standard InChI is InChI=1S/C18H21F3N4O2/c1-22-17(24-9-13-4-3-5-15(8-13)26-2)25-11-14-6-7-16(23-10-14)27-12-18(19,20)21/h3-8,10H,9,11-12H2,1-2H3,(H2,22,24,25). The van der Waals surface area contributed by atoms with E-state index in [1.54, 1.807) is 20.2 Å². The van der Waals surface area contributed by atoms with Crippen LogP contribution in [0.5, 0.6) is 11.6 Å². The van der Waals surface area contributed by atoms with Gasteiger partial charge in [0.05, 0.1) is 7.11 Å². The zero-order valence-electron chi connectivity index (χ0n) is 15.0. The van der Waals surface area contributed by atoms with Crippen LogP contribution in [0.15, 0.2) is 47.6 Å². The van der Waals surface area contributed by atoms with Crippen LogP contribution in [0.1, 0.15) is 11.1 Å². The summed E-state index contributed by atoms with van der Waals surface area (Å²) in [6, 6.07) is 10.7. The molecule has 0 atom stereocenters. The highest BCUT2D eigenvalue weighted by atomic mass is 19.4. The first-order valence-corrected chi connectivity index (χ1v) is 8.11. The van der Waals surface area contributed by atoms with Gasteiger partial charge in [-0.3, -0.25) is 4.99 Å². The Kier molecular flexibility index (Phi) is 7.27. The van der Waals surface area contributed by atoms with Crippen molar-refractivity contribution in [1.29, 1.82) is 0 Å². The lowest BCUT2D eigenvalue weighted by Gasteiger charge is -2.13. The number of pyridine rings is 1. The SMILES string of the molecule is CN=C(NCc1ccc(OCC(F)(F)F)nc1)NCc1cccc(OC)c1. The molecule has 0 aliphatic heterocycles. The minimum Gasteiger partial charge on any atom is -0.497 e. The normalized spacial score (nSPS) is 11.8. The Balaban J connectivity index is 1.81. The number of aromatic nitrogens is 1. The van der Waals surface area contributed by atoms with E-state index in [0.717, 1.165) is 16.9 Å². The predicted octanol–water partition coefficient (Wildman–Crippen LogP) is 2.90. The van der Waals surface area contributed by atoms with Gasteiger partial charge < -0.3 is 20.1 Å². The van der Waals surface area contributed by atoms with Gasteiger partial charge in [0.15, 0.2) is 12.6 Å². The number of aliphatic imine (C=N–C) groups is 1. The highest BCUT2D eigenvalue weighted by Crippen LogP contribution is 2.17. The summed E-state index contributed by atoms with van der Waals surface area (Å²) in [6.07, 6.45) is -2.93. The molecule has 0 amide bonds. The van der Waals surface area contributed by atoms with Crippen molar-refractivity contribution >= 4 is 5.96 Å². The van der Waals surface area contributed by atoms with Crippen LogP contribution in [-0.4, -0.2) is 37.9 Å². The number of methoxy groups -OCH3 is 1. The Labute approximate surface area is 155 Å². The summed E-state index contributed by atoms with van der Waals surface area (Å²) in [5.74, 6) is 1.28. The van der Waals surface area contributed by atoms with Gasteiger partial charge in [-0.15, -0.1) is 0 Å². The molecule has 1 aromatic heterocycles. The monoisotopic (exact) mass is 382 g/mol. The second kappa shape index (κ2) is 9.65. The van der Waals surface area contributed by atoms with E-state index in [9.17, 15) is 13.2 Å². The molecule has 0 saturated carbocycles. The van der Waals surface area contributed by atoms with Crippen LogP contribution < -0.4 is 20.1 Å². The van der Waals surface area contributed by atoms with Gasteiger partial charge in [0.25, 0.3) is 0 Å². The summed E-state index contributed by atoms with van der Waals surface area (Å²) >= 11 is 0. The first-order chi connectivity index (χ1) is 12.9. The zero-order valence-corrected chi connectivity index (χ0v) is 15.0. The average molecular weight is 382 g/mol. The molecule has 1 heterocycles. The first kappa shape index (κ1) is 20.3. The fraction of sp³-hybridized carbons (Fsp3) is 0.333. The van der Waals surface area contributed by atoms with Gasteiger partial charge in [0.1, 0.15) is 5.75 Å². The van der Waals surface area contributed by atoms with Crippen LogP contribution in [0.3, 0.4) is 0 Å². The van der Waals surface area contributed by atoms with E-state index in [1.807, 2.05) is 24.3 Å². The van der Waals surface area contributed by atoms with Crippen LogP contribution >= 0.6 is 0 Å². The Morgan fingerprint density at radius 2 is 1.85 bits per heavy atom. The fourth-order valence-corrected chi connectivity index (χ4v) is 2.13. The minimum atomic E-state index is -4.39. The molecule has 0 unspecified atom stereocenters. The number of halogens is 3. The summed E-state index contributed by atoms with van der Waals surface area (Å²) < 4.78 is 46.1. The molecule has 6 nitrogen and oxygen atoms in total. The molecule has 0 bridgehead atoms. The molecular formula is C18H21F3N4O2. The number of benzene rings is 1. The Hall–Kier alpha value is -2.97. The minimum absolute atomic E-state index is 0.0726. The van der Waals surface area contributed by atoms with E-state index in [-0.39, 0.29) is 5.88 Å². The van der Waals surface area contributed by atoms with Gasteiger partial charge in [0, 0.05) is 32.4 Å². The van der Waals surface area contributed by atoms with E-state index >= 15 is 0 Å².